The van der Waals surface area contributed by atoms with Crippen molar-refractivity contribution in [2.75, 3.05) is 0 Å². The Morgan fingerprint density at radius 3 is 1.73 bits per heavy atom. The number of aromatic nitrogens is 2. The van der Waals surface area contributed by atoms with Crippen LogP contribution in [0.15, 0.2) is 24.3 Å². The van der Waals surface area contributed by atoms with Gasteiger partial charge in [0.05, 0.1) is 0 Å². The molecule has 1 aliphatic rings. The quantitative estimate of drug-likeness (QED) is 0.265. The molecule has 0 saturated heterocycles. The summed E-state index contributed by atoms with van der Waals surface area (Å²) in [5, 5.41) is 0. The van der Waals surface area contributed by atoms with E-state index in [1.165, 1.54) is 12.3 Å². The zero-order chi connectivity index (χ0) is 22.4. The third-order valence-electron chi connectivity index (χ3n) is 6.94. The van der Waals surface area contributed by atoms with Gasteiger partial charge in [-0.3, -0.25) is 0 Å². The minimum absolute atomic E-state index is 0.0249. The van der Waals surface area contributed by atoms with E-state index in [0.29, 0.717) is 0 Å². The number of rotatable bonds is 8. The molecule has 0 atom stereocenters. The molecule has 0 saturated carbocycles. The molecule has 5 heteroatoms. The van der Waals surface area contributed by atoms with E-state index in [2.05, 4.69) is 101 Å². The second-order valence-corrected chi connectivity index (χ2v) is 20.3. The van der Waals surface area contributed by atoms with Crippen LogP contribution in [0.5, 0.6) is 0 Å². The zero-order valence-corrected chi connectivity index (χ0v) is 24.9. The fourth-order valence-electron chi connectivity index (χ4n) is 5.09. The van der Waals surface area contributed by atoms with Crippen molar-refractivity contribution in [2.24, 2.45) is 0 Å². The predicted molar refractivity (Wildman–Crippen MR) is 141 cm³/mol. The summed E-state index contributed by atoms with van der Waals surface area (Å²) in [6.45, 7) is 24.3. The van der Waals surface area contributed by atoms with Crippen molar-refractivity contribution >= 4 is 31.7 Å². The first kappa shape index (κ1) is 24.6. The standard InChI is InChI=1S/C25H42GeN2P2/c1-17(2)29(18(3)4)15-21-11-13-23-25(9,10)24-14-12-22(28(24)26-27(21)23)16-30(19(5)6)20(7)8/h11-14,17-20H,15-16H2,1-10H3/p+1. The summed E-state index contributed by atoms with van der Waals surface area (Å²) in [5.74, 6) is 0. The summed E-state index contributed by atoms with van der Waals surface area (Å²) in [5.41, 5.74) is 9.68. The Labute approximate surface area is 195 Å². The Morgan fingerprint density at radius 1 is 0.800 bits per heavy atom. The average molecular weight is 506 g/mol. The number of nitrogens with zero attached hydrogens (tertiary/aromatic N) is 2. The van der Waals surface area contributed by atoms with Crippen LogP contribution in [-0.4, -0.2) is 45.6 Å². The van der Waals surface area contributed by atoms with Gasteiger partial charge >= 0.3 is 195 Å². The van der Waals surface area contributed by atoms with Crippen LogP contribution in [-0.2, 0) is 17.7 Å². The first-order valence-corrected chi connectivity index (χ1v) is 17.2. The van der Waals surface area contributed by atoms with Gasteiger partial charge in [-0.05, 0) is 0 Å². The molecule has 0 spiro atoms. The number of fused-ring (bicyclic) bond motifs is 2. The van der Waals surface area contributed by atoms with Gasteiger partial charge in [0.15, 0.2) is 0 Å². The zero-order valence-electron chi connectivity index (χ0n) is 20.9. The SMILES string of the molecule is CC(C)P(Cc1ccc2[n]1[Ge][n]1c(C[PH+](C(C)C)C(C)C)ccc1C2(C)C)C(C)C. The molecule has 1 aliphatic heterocycles. The molecular formula is C25H43GeN2P2+. The minimum atomic E-state index is -0.405. The molecular weight excluding hydrogens is 463 g/mol. The first-order valence-electron chi connectivity index (χ1n) is 11.8. The fourth-order valence-corrected chi connectivity index (χ4v) is 14.6. The Morgan fingerprint density at radius 2 is 1.27 bits per heavy atom. The van der Waals surface area contributed by atoms with E-state index >= 15 is 0 Å². The molecule has 0 aromatic carbocycles. The van der Waals surface area contributed by atoms with Gasteiger partial charge in [-0.1, -0.05) is 0 Å². The van der Waals surface area contributed by atoms with Crippen LogP contribution in [0.2, 0.25) is 0 Å². The molecule has 2 aromatic rings. The van der Waals surface area contributed by atoms with Crippen LogP contribution in [0.1, 0.15) is 92.0 Å². The van der Waals surface area contributed by atoms with E-state index in [0.717, 1.165) is 22.6 Å². The second kappa shape index (κ2) is 9.45. The predicted octanol–water partition coefficient (Wildman–Crippen LogP) is 7.19. The van der Waals surface area contributed by atoms with Crippen LogP contribution >= 0.6 is 15.8 Å². The Kier molecular flexibility index (Phi) is 7.75. The summed E-state index contributed by atoms with van der Waals surface area (Å²) in [6, 6.07) is 9.83. The molecule has 30 heavy (non-hydrogen) atoms. The van der Waals surface area contributed by atoms with Crippen molar-refractivity contribution in [1.29, 1.82) is 0 Å². The number of hydrogen-bond donors (Lipinski definition) is 0. The van der Waals surface area contributed by atoms with E-state index in [1.54, 1.807) is 22.8 Å². The van der Waals surface area contributed by atoms with Gasteiger partial charge in [0.25, 0.3) is 0 Å². The molecule has 0 amide bonds. The van der Waals surface area contributed by atoms with Crippen molar-refractivity contribution < 1.29 is 0 Å². The molecule has 0 unspecified atom stereocenters. The molecule has 3 rings (SSSR count). The van der Waals surface area contributed by atoms with Crippen molar-refractivity contribution in [1.82, 2.24) is 7.05 Å². The summed E-state index contributed by atoms with van der Waals surface area (Å²) in [4.78, 5) is 0. The molecule has 0 bridgehead atoms. The van der Waals surface area contributed by atoms with Gasteiger partial charge in [-0.15, -0.1) is 0 Å². The molecule has 0 fully saturated rings. The van der Waals surface area contributed by atoms with Gasteiger partial charge in [0.2, 0.25) is 0 Å². The molecule has 2 radical (unpaired) electrons. The summed E-state index contributed by atoms with van der Waals surface area (Å²) in [7, 11) is -0.367. The Balaban J connectivity index is 1.97. The summed E-state index contributed by atoms with van der Waals surface area (Å²) in [6.07, 6.45) is 2.60. The van der Waals surface area contributed by atoms with Gasteiger partial charge in [0.1, 0.15) is 0 Å². The van der Waals surface area contributed by atoms with Gasteiger partial charge in [-0.25, -0.2) is 0 Å². The van der Waals surface area contributed by atoms with Crippen LogP contribution in [0.25, 0.3) is 0 Å². The van der Waals surface area contributed by atoms with Gasteiger partial charge < -0.3 is 0 Å². The molecule has 0 aliphatic carbocycles. The summed E-state index contributed by atoms with van der Waals surface area (Å²) >= 11 is -0.405. The second-order valence-electron chi connectivity index (χ2n) is 10.7. The first-order chi connectivity index (χ1) is 13.9. The maximum atomic E-state index is 2.79. The van der Waals surface area contributed by atoms with Crippen LogP contribution in [0, 0.1) is 0 Å². The Hall–Kier alpha value is -0.0371. The average Bonchev–Trinajstić information content (AvgIpc) is 3.21. The van der Waals surface area contributed by atoms with Crippen LogP contribution < -0.4 is 0 Å². The third kappa shape index (κ3) is 4.67. The van der Waals surface area contributed by atoms with Crippen molar-refractivity contribution in [3.63, 3.8) is 0 Å². The molecule has 2 nitrogen and oxygen atoms in total. The molecule has 0 N–H and O–H groups in total. The molecule has 166 valence electrons. The van der Waals surface area contributed by atoms with E-state index < -0.39 is 23.8 Å². The van der Waals surface area contributed by atoms with Crippen molar-refractivity contribution in [2.45, 2.75) is 110 Å². The normalized spacial score (nSPS) is 15.9. The van der Waals surface area contributed by atoms with Crippen molar-refractivity contribution in [3.05, 3.63) is 47.0 Å². The number of hydrogen-bond acceptors (Lipinski definition) is 0. The monoisotopic (exact) mass is 507 g/mol. The fraction of sp³-hybridized carbons (Fsp3) is 0.680. The van der Waals surface area contributed by atoms with E-state index in [1.807, 2.05) is 0 Å². The van der Waals surface area contributed by atoms with Crippen LogP contribution in [0.4, 0.5) is 0 Å². The van der Waals surface area contributed by atoms with E-state index in [9.17, 15) is 0 Å². The topological polar surface area (TPSA) is 9.86 Å². The van der Waals surface area contributed by atoms with Crippen molar-refractivity contribution in [3.8, 4) is 0 Å². The van der Waals surface area contributed by atoms with Gasteiger partial charge in [0, 0.05) is 0 Å². The Bertz CT molecular complexity index is 776. The van der Waals surface area contributed by atoms with Crippen LogP contribution in [0.3, 0.4) is 0 Å². The maximum absolute atomic E-state index is 2.79. The summed E-state index contributed by atoms with van der Waals surface area (Å²) < 4.78 is 5.58. The molecule has 3 heterocycles. The van der Waals surface area contributed by atoms with Gasteiger partial charge in [-0.2, -0.15) is 0 Å². The van der Waals surface area contributed by atoms with E-state index in [4.69, 9.17) is 0 Å². The third-order valence-corrected chi connectivity index (χ3v) is 17.1. The van der Waals surface area contributed by atoms with E-state index in [-0.39, 0.29) is 13.3 Å². The molecule has 2 aromatic heterocycles.